The zero-order valence-corrected chi connectivity index (χ0v) is 13.7. The van der Waals surface area contributed by atoms with Crippen molar-refractivity contribution in [1.29, 1.82) is 0 Å². The van der Waals surface area contributed by atoms with Crippen LogP contribution in [0.25, 0.3) is 0 Å². The summed E-state index contributed by atoms with van der Waals surface area (Å²) >= 11 is 0. The molecule has 2 N–H and O–H groups in total. The van der Waals surface area contributed by atoms with E-state index < -0.39 is 36.5 Å². The third kappa shape index (κ3) is 3.52. The summed E-state index contributed by atoms with van der Waals surface area (Å²) in [5.41, 5.74) is 2.37. The molecule has 3 unspecified atom stereocenters. The Kier molecular flexibility index (Phi) is 4.65. The Morgan fingerprint density at radius 3 is 2.73 bits per heavy atom. The highest BCUT2D eigenvalue weighted by Gasteiger charge is 2.47. The molecule has 2 amide bonds. The van der Waals surface area contributed by atoms with Crippen molar-refractivity contribution in [2.75, 3.05) is 0 Å². The first-order chi connectivity index (χ1) is 12.2. The molecule has 2 saturated heterocycles. The molecule has 26 heavy (non-hydrogen) atoms. The van der Waals surface area contributed by atoms with Gasteiger partial charge in [0.1, 0.15) is 11.9 Å². The number of pyridine rings is 1. The fourth-order valence-electron chi connectivity index (χ4n) is 3.16. The number of halogens is 3. The minimum atomic E-state index is -4.53. The van der Waals surface area contributed by atoms with Gasteiger partial charge in [-0.05, 0) is 24.0 Å². The van der Waals surface area contributed by atoms with Crippen molar-refractivity contribution >= 4 is 12.2 Å². The van der Waals surface area contributed by atoms with E-state index in [2.05, 4.69) is 10.4 Å². The van der Waals surface area contributed by atoms with Crippen molar-refractivity contribution in [3.63, 3.8) is 0 Å². The third-order valence-electron chi connectivity index (χ3n) is 4.45. The molecule has 2 aliphatic rings. The molecule has 1 aromatic heterocycles. The maximum absolute atomic E-state index is 12.6. The van der Waals surface area contributed by atoms with Gasteiger partial charge in [0.05, 0.1) is 6.54 Å². The number of hydrogen-bond donors (Lipinski definition) is 2. The molecular weight excluding hydrogens is 357 g/mol. The zero-order valence-electron chi connectivity index (χ0n) is 13.7. The molecule has 3 atom stereocenters. The lowest BCUT2D eigenvalue weighted by molar-refractivity contribution is -0.141. The van der Waals surface area contributed by atoms with Crippen LogP contribution in [0.15, 0.2) is 18.3 Å². The normalized spacial score (nSPS) is 26.0. The molecule has 1 aromatic rings. The van der Waals surface area contributed by atoms with Crippen LogP contribution in [0.4, 0.5) is 22.8 Å². The van der Waals surface area contributed by atoms with E-state index in [0.717, 1.165) is 12.3 Å². The second-order valence-electron chi connectivity index (χ2n) is 6.29. The van der Waals surface area contributed by atoms with Gasteiger partial charge >= 0.3 is 18.4 Å². The molecule has 142 valence electrons. The summed E-state index contributed by atoms with van der Waals surface area (Å²) in [5.74, 6) is 0.0586. The number of nitrogens with one attached hydrogen (secondary N) is 1. The number of hydrogen-bond acceptors (Lipinski definition) is 5. The molecule has 0 radical (unpaired) electrons. The standard InChI is InChI=1S/C15H17F3N4O4/c1-8-2-5-11(26-14(24)25)22-12(8)20-21(13(22)23)7-9-3-4-10(19-6-9)15(16,17)18/h3-4,6,8,11-12,20H,2,5,7H2,1H3,(H,24,25). The molecule has 3 heterocycles. The van der Waals surface area contributed by atoms with Gasteiger partial charge in [-0.1, -0.05) is 13.0 Å². The van der Waals surface area contributed by atoms with Crippen LogP contribution in [0.2, 0.25) is 0 Å². The number of amides is 2. The zero-order chi connectivity index (χ0) is 19.1. The smallest absolute Gasteiger partial charge is 0.450 e. The van der Waals surface area contributed by atoms with Crippen LogP contribution in [-0.2, 0) is 17.5 Å². The Bertz CT molecular complexity index is 697. The van der Waals surface area contributed by atoms with Crippen molar-refractivity contribution in [2.24, 2.45) is 5.92 Å². The average Bonchev–Trinajstić information content (AvgIpc) is 2.88. The highest BCUT2D eigenvalue weighted by Crippen LogP contribution is 2.32. The lowest BCUT2D eigenvalue weighted by Crippen LogP contribution is -2.52. The number of ether oxygens (including phenoxy) is 1. The van der Waals surface area contributed by atoms with Crippen molar-refractivity contribution < 1.29 is 32.6 Å². The molecule has 3 rings (SSSR count). The van der Waals surface area contributed by atoms with Crippen molar-refractivity contribution in [3.8, 4) is 0 Å². The second kappa shape index (κ2) is 6.63. The second-order valence-corrected chi connectivity index (χ2v) is 6.29. The maximum atomic E-state index is 12.6. The number of aromatic nitrogens is 1. The number of piperidine rings is 1. The van der Waals surface area contributed by atoms with Gasteiger partial charge in [-0.15, -0.1) is 0 Å². The molecule has 2 fully saturated rings. The van der Waals surface area contributed by atoms with Crippen molar-refractivity contribution in [1.82, 2.24) is 20.3 Å². The number of fused-ring (bicyclic) bond motifs is 1. The van der Waals surface area contributed by atoms with E-state index in [4.69, 9.17) is 9.84 Å². The molecule has 0 aromatic carbocycles. The number of nitrogens with zero attached hydrogens (tertiary/aromatic N) is 3. The Balaban J connectivity index is 1.74. The van der Waals surface area contributed by atoms with E-state index in [1.165, 1.54) is 16.0 Å². The predicted molar refractivity (Wildman–Crippen MR) is 80.2 cm³/mol. The Morgan fingerprint density at radius 2 is 2.15 bits per heavy atom. The van der Waals surface area contributed by atoms with Crippen LogP contribution in [-0.4, -0.2) is 44.6 Å². The molecule has 0 saturated carbocycles. The van der Waals surface area contributed by atoms with Crippen LogP contribution in [0.3, 0.4) is 0 Å². The summed E-state index contributed by atoms with van der Waals surface area (Å²) in [5, 5.41) is 10.1. The molecule has 0 bridgehead atoms. The maximum Gasteiger partial charge on any atom is 0.507 e. The van der Waals surface area contributed by atoms with E-state index >= 15 is 0 Å². The van der Waals surface area contributed by atoms with Gasteiger partial charge in [0.25, 0.3) is 0 Å². The molecule has 11 heteroatoms. The SMILES string of the molecule is CC1CCC(OC(=O)O)N2C(=O)N(Cc3ccc(C(F)(F)F)nc3)NC12. The minimum absolute atomic E-state index is 0.0104. The number of alkyl halides is 3. The van der Waals surface area contributed by atoms with Gasteiger partial charge in [0, 0.05) is 12.6 Å². The van der Waals surface area contributed by atoms with E-state index in [-0.39, 0.29) is 12.5 Å². The summed E-state index contributed by atoms with van der Waals surface area (Å²) in [6.45, 7) is 1.90. The average molecular weight is 374 g/mol. The van der Waals surface area contributed by atoms with Gasteiger partial charge in [0.2, 0.25) is 0 Å². The predicted octanol–water partition coefficient (Wildman–Crippen LogP) is 2.62. The first-order valence-corrected chi connectivity index (χ1v) is 7.94. The van der Waals surface area contributed by atoms with Crippen LogP contribution in [0, 0.1) is 5.92 Å². The first kappa shape index (κ1) is 18.2. The van der Waals surface area contributed by atoms with Gasteiger partial charge < -0.3 is 9.84 Å². The number of hydrazine groups is 1. The lowest BCUT2D eigenvalue weighted by atomic mass is 9.96. The molecule has 0 spiro atoms. The minimum Gasteiger partial charge on any atom is -0.450 e. The lowest BCUT2D eigenvalue weighted by Gasteiger charge is -2.37. The van der Waals surface area contributed by atoms with E-state index in [9.17, 15) is 22.8 Å². The van der Waals surface area contributed by atoms with Crippen molar-refractivity contribution in [3.05, 3.63) is 29.6 Å². The number of carbonyl (C=O) groups is 2. The first-order valence-electron chi connectivity index (χ1n) is 7.94. The highest BCUT2D eigenvalue weighted by molar-refractivity contribution is 5.77. The Hall–Kier alpha value is -2.56. The van der Waals surface area contributed by atoms with Crippen LogP contribution in [0.1, 0.15) is 31.0 Å². The van der Waals surface area contributed by atoms with E-state index in [0.29, 0.717) is 18.4 Å². The van der Waals surface area contributed by atoms with Crippen molar-refractivity contribution in [2.45, 2.75) is 44.9 Å². The quantitative estimate of drug-likeness (QED) is 0.790. The third-order valence-corrected chi connectivity index (χ3v) is 4.45. The number of urea groups is 1. The molecular formula is C15H17F3N4O4. The monoisotopic (exact) mass is 374 g/mol. The van der Waals surface area contributed by atoms with Gasteiger partial charge in [-0.25, -0.2) is 15.0 Å². The summed E-state index contributed by atoms with van der Waals surface area (Å²) in [6.07, 6.45) is -5.24. The number of carbonyl (C=O) groups excluding carboxylic acids is 1. The largest absolute Gasteiger partial charge is 0.507 e. The van der Waals surface area contributed by atoms with Crippen LogP contribution >= 0.6 is 0 Å². The highest BCUT2D eigenvalue weighted by atomic mass is 19.4. The Morgan fingerprint density at radius 1 is 1.42 bits per heavy atom. The fourth-order valence-corrected chi connectivity index (χ4v) is 3.16. The Labute approximate surface area is 146 Å². The summed E-state index contributed by atoms with van der Waals surface area (Å²) in [7, 11) is 0. The van der Waals surface area contributed by atoms with Gasteiger partial charge in [-0.3, -0.25) is 14.9 Å². The van der Waals surface area contributed by atoms with Crippen LogP contribution in [0.5, 0.6) is 0 Å². The fraction of sp³-hybridized carbons (Fsp3) is 0.533. The molecule has 2 aliphatic heterocycles. The summed E-state index contributed by atoms with van der Waals surface area (Å²) in [6, 6.07) is 1.60. The molecule has 0 aliphatic carbocycles. The van der Waals surface area contributed by atoms with Gasteiger partial charge in [-0.2, -0.15) is 13.2 Å². The number of carboxylic acid groups (broad SMARTS) is 1. The number of rotatable bonds is 3. The molecule has 8 nitrogen and oxygen atoms in total. The van der Waals surface area contributed by atoms with E-state index in [1.807, 2.05) is 6.92 Å². The van der Waals surface area contributed by atoms with E-state index in [1.54, 1.807) is 0 Å². The summed E-state index contributed by atoms with van der Waals surface area (Å²) in [4.78, 5) is 28.1. The van der Waals surface area contributed by atoms with Crippen LogP contribution < -0.4 is 5.43 Å². The topological polar surface area (TPSA) is 95.0 Å². The summed E-state index contributed by atoms with van der Waals surface area (Å²) < 4.78 is 42.5. The van der Waals surface area contributed by atoms with Gasteiger partial charge in [0.15, 0.2) is 6.23 Å².